The van der Waals surface area contributed by atoms with Gasteiger partial charge in [0, 0.05) is 20.2 Å². The molecule has 0 bridgehead atoms. The number of amides is 1. The molecule has 1 atom stereocenters. The summed E-state index contributed by atoms with van der Waals surface area (Å²) in [5.41, 5.74) is -0.473. The van der Waals surface area contributed by atoms with Crippen molar-refractivity contribution in [2.24, 2.45) is 5.92 Å². The molecule has 1 fully saturated rings. The molecule has 0 aromatic rings. The van der Waals surface area contributed by atoms with E-state index in [1.54, 1.807) is 7.11 Å². The van der Waals surface area contributed by atoms with Crippen LogP contribution in [-0.2, 0) is 9.47 Å². The second-order valence-corrected chi connectivity index (χ2v) is 7.83. The number of hydrogen-bond acceptors (Lipinski definition) is 4. The van der Waals surface area contributed by atoms with Crippen molar-refractivity contribution < 1.29 is 14.3 Å². The molecule has 1 saturated heterocycles. The second kappa shape index (κ2) is 8.16. The topological polar surface area (TPSA) is 50.8 Å². The first-order chi connectivity index (χ1) is 10.1. The Bertz CT molecular complexity index is 350. The minimum absolute atomic E-state index is 0.0616. The minimum atomic E-state index is -0.412. The lowest BCUT2D eigenvalue weighted by molar-refractivity contribution is 0.0158. The molecule has 130 valence electrons. The van der Waals surface area contributed by atoms with Gasteiger partial charge in [-0.3, -0.25) is 0 Å². The summed E-state index contributed by atoms with van der Waals surface area (Å²) >= 11 is 0. The SMILES string of the molecule is COC(C)(C)CCNCCC1CCN(C(=O)OC(C)(C)C)C1. The highest BCUT2D eigenvalue weighted by Gasteiger charge is 2.29. The van der Waals surface area contributed by atoms with Gasteiger partial charge in [-0.2, -0.15) is 0 Å². The number of nitrogens with zero attached hydrogens (tertiary/aromatic N) is 1. The van der Waals surface area contributed by atoms with Crippen molar-refractivity contribution in [3.8, 4) is 0 Å². The molecule has 5 heteroatoms. The van der Waals surface area contributed by atoms with E-state index < -0.39 is 5.60 Å². The van der Waals surface area contributed by atoms with Gasteiger partial charge in [0.25, 0.3) is 0 Å². The highest BCUT2D eigenvalue weighted by molar-refractivity contribution is 5.68. The molecule has 5 nitrogen and oxygen atoms in total. The number of ether oxygens (including phenoxy) is 2. The van der Waals surface area contributed by atoms with E-state index in [1.165, 1.54) is 0 Å². The molecule has 1 aliphatic heterocycles. The molecule has 1 heterocycles. The van der Waals surface area contributed by atoms with Crippen LogP contribution in [-0.4, -0.2) is 55.5 Å². The van der Waals surface area contributed by atoms with Crippen LogP contribution in [0.15, 0.2) is 0 Å². The minimum Gasteiger partial charge on any atom is -0.444 e. The molecule has 0 radical (unpaired) electrons. The van der Waals surface area contributed by atoms with Crippen molar-refractivity contribution in [2.75, 3.05) is 33.3 Å². The Kier molecular flexibility index (Phi) is 7.13. The lowest BCUT2D eigenvalue weighted by Crippen LogP contribution is -2.35. The number of carbonyl (C=O) groups is 1. The molecule has 0 aromatic carbocycles. The standard InChI is InChI=1S/C17H34N2O3/c1-16(2,3)22-15(20)19-12-8-14(13-19)7-10-18-11-9-17(4,5)21-6/h14,18H,7-13H2,1-6H3. The first-order valence-corrected chi connectivity index (χ1v) is 8.37. The molecule has 0 saturated carbocycles. The van der Waals surface area contributed by atoms with Crippen molar-refractivity contribution in [1.29, 1.82) is 0 Å². The van der Waals surface area contributed by atoms with Gasteiger partial charge in [0.2, 0.25) is 0 Å². The quantitative estimate of drug-likeness (QED) is 0.734. The number of rotatable bonds is 7. The summed E-state index contributed by atoms with van der Waals surface area (Å²) in [6.45, 7) is 13.5. The number of likely N-dealkylation sites (tertiary alicyclic amines) is 1. The molecule has 0 spiro atoms. The van der Waals surface area contributed by atoms with Crippen LogP contribution >= 0.6 is 0 Å². The molecular formula is C17H34N2O3. The molecule has 1 unspecified atom stereocenters. The summed E-state index contributed by atoms with van der Waals surface area (Å²) in [5.74, 6) is 0.579. The van der Waals surface area contributed by atoms with E-state index in [0.29, 0.717) is 5.92 Å². The third-order valence-electron chi connectivity index (χ3n) is 4.12. The summed E-state index contributed by atoms with van der Waals surface area (Å²) in [6.07, 6.45) is 3.00. The predicted molar refractivity (Wildman–Crippen MR) is 89.1 cm³/mol. The fourth-order valence-electron chi connectivity index (χ4n) is 2.48. The number of nitrogens with one attached hydrogen (secondary N) is 1. The molecular weight excluding hydrogens is 280 g/mol. The van der Waals surface area contributed by atoms with Crippen LogP contribution in [0.1, 0.15) is 53.9 Å². The monoisotopic (exact) mass is 314 g/mol. The van der Waals surface area contributed by atoms with E-state index in [2.05, 4.69) is 19.2 Å². The fraction of sp³-hybridized carbons (Fsp3) is 0.941. The third kappa shape index (κ3) is 7.45. The first kappa shape index (κ1) is 19.2. The van der Waals surface area contributed by atoms with Gasteiger partial charge in [-0.15, -0.1) is 0 Å². The van der Waals surface area contributed by atoms with Gasteiger partial charge in [-0.1, -0.05) is 0 Å². The molecule has 1 amide bonds. The largest absolute Gasteiger partial charge is 0.444 e. The van der Waals surface area contributed by atoms with Crippen molar-refractivity contribution in [1.82, 2.24) is 10.2 Å². The maximum atomic E-state index is 12.0. The van der Waals surface area contributed by atoms with Crippen LogP contribution < -0.4 is 5.32 Å². The van der Waals surface area contributed by atoms with E-state index >= 15 is 0 Å². The first-order valence-electron chi connectivity index (χ1n) is 8.37. The Labute approximate surface area is 135 Å². The average Bonchev–Trinajstić information content (AvgIpc) is 2.85. The fourth-order valence-corrected chi connectivity index (χ4v) is 2.48. The zero-order valence-electron chi connectivity index (χ0n) is 15.2. The van der Waals surface area contributed by atoms with Crippen LogP contribution in [0.2, 0.25) is 0 Å². The summed E-state index contributed by atoms with van der Waals surface area (Å²) < 4.78 is 10.8. The Balaban J connectivity index is 2.16. The lowest BCUT2D eigenvalue weighted by atomic mass is 10.0. The number of carbonyl (C=O) groups excluding carboxylic acids is 1. The molecule has 0 aliphatic carbocycles. The van der Waals surface area contributed by atoms with Crippen LogP contribution in [0, 0.1) is 5.92 Å². The second-order valence-electron chi connectivity index (χ2n) is 7.83. The van der Waals surface area contributed by atoms with Crippen molar-refractivity contribution in [3.63, 3.8) is 0 Å². The lowest BCUT2D eigenvalue weighted by Gasteiger charge is -2.24. The van der Waals surface area contributed by atoms with Crippen molar-refractivity contribution in [2.45, 2.75) is 65.1 Å². The maximum Gasteiger partial charge on any atom is 0.410 e. The number of methoxy groups -OCH3 is 1. The smallest absolute Gasteiger partial charge is 0.410 e. The van der Waals surface area contributed by atoms with Gasteiger partial charge < -0.3 is 19.7 Å². The summed E-state index contributed by atoms with van der Waals surface area (Å²) in [7, 11) is 1.75. The van der Waals surface area contributed by atoms with Crippen LogP contribution in [0.25, 0.3) is 0 Å². The predicted octanol–water partition coefficient (Wildman–Crippen LogP) is 3.04. The van der Waals surface area contributed by atoms with Gasteiger partial charge in [-0.05, 0) is 72.9 Å². The Morgan fingerprint density at radius 1 is 1.23 bits per heavy atom. The van der Waals surface area contributed by atoms with Gasteiger partial charge in [-0.25, -0.2) is 4.79 Å². The average molecular weight is 314 g/mol. The Morgan fingerprint density at radius 2 is 1.91 bits per heavy atom. The molecule has 22 heavy (non-hydrogen) atoms. The zero-order valence-corrected chi connectivity index (χ0v) is 15.2. The summed E-state index contributed by atoms with van der Waals surface area (Å²) in [6, 6.07) is 0. The van der Waals surface area contributed by atoms with Gasteiger partial charge >= 0.3 is 6.09 Å². The maximum absolute atomic E-state index is 12.0. The third-order valence-corrected chi connectivity index (χ3v) is 4.12. The highest BCUT2D eigenvalue weighted by atomic mass is 16.6. The molecule has 0 aromatic heterocycles. The van der Waals surface area contributed by atoms with Gasteiger partial charge in [0.05, 0.1) is 5.60 Å². The van der Waals surface area contributed by atoms with Crippen LogP contribution in [0.3, 0.4) is 0 Å². The molecule has 1 rings (SSSR count). The summed E-state index contributed by atoms with van der Waals surface area (Å²) in [4.78, 5) is 13.8. The normalized spacial score (nSPS) is 19.5. The molecule has 1 N–H and O–H groups in total. The summed E-state index contributed by atoms with van der Waals surface area (Å²) in [5, 5.41) is 3.47. The van der Waals surface area contributed by atoms with Crippen LogP contribution in [0.4, 0.5) is 4.79 Å². The van der Waals surface area contributed by atoms with E-state index in [4.69, 9.17) is 9.47 Å². The Hall–Kier alpha value is -0.810. The van der Waals surface area contributed by atoms with Crippen LogP contribution in [0.5, 0.6) is 0 Å². The van der Waals surface area contributed by atoms with Crippen molar-refractivity contribution >= 4 is 6.09 Å². The van der Waals surface area contributed by atoms with Gasteiger partial charge in [0.1, 0.15) is 5.60 Å². The zero-order chi connectivity index (χ0) is 16.8. The van der Waals surface area contributed by atoms with E-state index in [-0.39, 0.29) is 11.7 Å². The van der Waals surface area contributed by atoms with Crippen molar-refractivity contribution in [3.05, 3.63) is 0 Å². The number of hydrogen-bond donors (Lipinski definition) is 1. The van der Waals surface area contributed by atoms with Gasteiger partial charge in [0.15, 0.2) is 0 Å². The highest BCUT2D eigenvalue weighted by Crippen LogP contribution is 2.21. The molecule has 1 aliphatic rings. The van der Waals surface area contributed by atoms with E-state index in [1.807, 2.05) is 25.7 Å². The Morgan fingerprint density at radius 3 is 2.50 bits per heavy atom. The van der Waals surface area contributed by atoms with E-state index in [0.717, 1.165) is 45.4 Å². The van der Waals surface area contributed by atoms with E-state index in [9.17, 15) is 4.79 Å².